The first-order valence-corrected chi connectivity index (χ1v) is 11.4. The van der Waals surface area contributed by atoms with Crippen molar-refractivity contribution in [2.45, 2.75) is 31.9 Å². The van der Waals surface area contributed by atoms with Crippen LogP contribution >= 0.6 is 0 Å². The van der Waals surface area contributed by atoms with E-state index < -0.39 is 6.10 Å². The molecule has 1 amide bonds. The first-order chi connectivity index (χ1) is 16.5. The van der Waals surface area contributed by atoms with Crippen molar-refractivity contribution in [1.29, 1.82) is 0 Å². The first-order valence-electron chi connectivity index (χ1n) is 11.4. The molecule has 0 spiro atoms. The highest BCUT2D eigenvalue weighted by Crippen LogP contribution is 2.33. The summed E-state index contributed by atoms with van der Waals surface area (Å²) in [5, 5.41) is 10.8. The molecule has 5 rings (SSSR count). The van der Waals surface area contributed by atoms with Gasteiger partial charge in [0.25, 0.3) is 0 Å². The summed E-state index contributed by atoms with van der Waals surface area (Å²) in [7, 11) is 0. The number of aryl methyl sites for hydroxylation is 1. The normalized spacial score (nSPS) is 16.9. The minimum atomic E-state index is -0.770. The van der Waals surface area contributed by atoms with Gasteiger partial charge in [-0.15, -0.1) is 0 Å². The number of anilines is 1. The van der Waals surface area contributed by atoms with E-state index in [1.165, 1.54) is 12.1 Å². The second kappa shape index (κ2) is 9.27. The van der Waals surface area contributed by atoms with Gasteiger partial charge in [-0.1, -0.05) is 30.3 Å². The van der Waals surface area contributed by atoms with Gasteiger partial charge in [-0.25, -0.2) is 9.37 Å². The van der Waals surface area contributed by atoms with Gasteiger partial charge in [0.2, 0.25) is 5.91 Å². The fourth-order valence-corrected chi connectivity index (χ4v) is 4.53. The summed E-state index contributed by atoms with van der Waals surface area (Å²) in [6, 6.07) is 21.5. The van der Waals surface area contributed by atoms with Crippen molar-refractivity contribution in [3.8, 4) is 5.75 Å². The number of fused-ring (bicyclic) bond motifs is 1. The lowest BCUT2D eigenvalue weighted by Crippen LogP contribution is -2.26. The van der Waals surface area contributed by atoms with Crippen LogP contribution < -0.4 is 9.64 Å². The Balaban J connectivity index is 1.38. The van der Waals surface area contributed by atoms with E-state index in [1.54, 1.807) is 17.0 Å². The topological polar surface area (TPSA) is 67.6 Å². The molecule has 34 heavy (non-hydrogen) atoms. The van der Waals surface area contributed by atoms with E-state index in [2.05, 4.69) is 0 Å². The SMILES string of the molecule is Cc1cccc(OC[C@H](O)Cn2c([C@@H]3CC(=O)N(c4cccc(F)c4)C3)nc3ccccc32)c1. The number of amides is 1. The zero-order valence-electron chi connectivity index (χ0n) is 18.9. The number of hydrogen-bond donors (Lipinski definition) is 1. The van der Waals surface area contributed by atoms with Crippen LogP contribution in [0, 0.1) is 12.7 Å². The van der Waals surface area contributed by atoms with Gasteiger partial charge in [-0.3, -0.25) is 4.79 Å². The average molecular weight is 460 g/mol. The Hall–Kier alpha value is -3.71. The Bertz CT molecular complexity index is 1340. The molecule has 1 saturated heterocycles. The number of halogens is 1. The molecule has 2 atom stereocenters. The van der Waals surface area contributed by atoms with Crippen molar-refractivity contribution < 1.29 is 19.0 Å². The van der Waals surface area contributed by atoms with E-state index in [4.69, 9.17) is 9.72 Å². The third-order valence-electron chi connectivity index (χ3n) is 6.12. The summed E-state index contributed by atoms with van der Waals surface area (Å²) >= 11 is 0. The van der Waals surface area contributed by atoms with Gasteiger partial charge in [0.05, 0.1) is 17.6 Å². The standard InChI is InChI=1S/C27H26FN3O3/c1-18-6-4-9-23(12-18)34-17-22(32)16-31-25-11-3-2-10-24(25)29-27(31)19-13-26(33)30(15-19)21-8-5-7-20(28)14-21/h2-12,14,19,22,32H,13,15-17H2,1H3/t19-,22-/m1/s1. The molecular weight excluding hydrogens is 433 g/mol. The number of hydrogen-bond acceptors (Lipinski definition) is 4. The lowest BCUT2D eigenvalue weighted by atomic mass is 10.1. The highest BCUT2D eigenvalue weighted by Gasteiger charge is 2.35. The second-order valence-electron chi connectivity index (χ2n) is 8.74. The Kier molecular flexibility index (Phi) is 6.02. The van der Waals surface area contributed by atoms with Crippen molar-refractivity contribution in [3.63, 3.8) is 0 Å². The Labute approximate surface area is 197 Å². The van der Waals surface area contributed by atoms with Crippen LogP contribution in [0.3, 0.4) is 0 Å². The summed E-state index contributed by atoms with van der Waals surface area (Å²) < 4.78 is 21.5. The smallest absolute Gasteiger partial charge is 0.227 e. The predicted molar refractivity (Wildman–Crippen MR) is 129 cm³/mol. The van der Waals surface area contributed by atoms with Crippen LogP contribution in [0.2, 0.25) is 0 Å². The molecule has 0 bridgehead atoms. The lowest BCUT2D eigenvalue weighted by Gasteiger charge is -2.19. The quantitative estimate of drug-likeness (QED) is 0.444. The summed E-state index contributed by atoms with van der Waals surface area (Å²) in [6.45, 7) is 2.81. The van der Waals surface area contributed by atoms with E-state index in [1.807, 2.05) is 60.0 Å². The molecule has 1 aromatic heterocycles. The van der Waals surface area contributed by atoms with Gasteiger partial charge in [-0.05, 0) is 55.0 Å². The summed E-state index contributed by atoms with van der Waals surface area (Å²) in [5.41, 5.74) is 3.33. The Morgan fingerprint density at radius 1 is 1.12 bits per heavy atom. The highest BCUT2D eigenvalue weighted by atomic mass is 19.1. The van der Waals surface area contributed by atoms with Crippen LogP contribution in [0.15, 0.2) is 72.8 Å². The fraction of sp³-hybridized carbons (Fsp3) is 0.259. The molecule has 3 aromatic carbocycles. The van der Waals surface area contributed by atoms with Crippen molar-refractivity contribution in [3.05, 3.63) is 90.0 Å². The van der Waals surface area contributed by atoms with Crippen LogP contribution in [0.25, 0.3) is 11.0 Å². The number of aliphatic hydroxyl groups is 1. The van der Waals surface area contributed by atoms with E-state index in [0.717, 1.165) is 22.4 Å². The van der Waals surface area contributed by atoms with E-state index in [-0.39, 0.29) is 37.2 Å². The van der Waals surface area contributed by atoms with Crippen LogP contribution in [0.5, 0.6) is 5.75 Å². The lowest BCUT2D eigenvalue weighted by molar-refractivity contribution is -0.117. The zero-order chi connectivity index (χ0) is 23.7. The Morgan fingerprint density at radius 2 is 1.94 bits per heavy atom. The number of carbonyl (C=O) groups excluding carboxylic acids is 1. The molecule has 6 nitrogen and oxygen atoms in total. The molecule has 2 heterocycles. The minimum absolute atomic E-state index is 0.0717. The molecule has 7 heteroatoms. The summed E-state index contributed by atoms with van der Waals surface area (Å²) in [6.07, 6.45) is -0.497. The van der Waals surface area contributed by atoms with Crippen LogP contribution in [-0.4, -0.2) is 39.8 Å². The highest BCUT2D eigenvalue weighted by molar-refractivity contribution is 5.96. The molecule has 0 unspecified atom stereocenters. The van der Waals surface area contributed by atoms with Gasteiger partial charge in [0, 0.05) is 24.6 Å². The molecule has 0 radical (unpaired) electrons. The number of carbonyl (C=O) groups is 1. The van der Waals surface area contributed by atoms with E-state index in [9.17, 15) is 14.3 Å². The van der Waals surface area contributed by atoms with Crippen LogP contribution in [0.1, 0.15) is 23.7 Å². The van der Waals surface area contributed by atoms with Gasteiger partial charge < -0.3 is 19.3 Å². The number of nitrogens with zero attached hydrogens (tertiary/aromatic N) is 3. The van der Waals surface area contributed by atoms with Crippen molar-refractivity contribution in [1.82, 2.24) is 9.55 Å². The first kappa shape index (κ1) is 22.1. The molecule has 1 fully saturated rings. The predicted octanol–water partition coefficient (Wildman–Crippen LogP) is 4.44. The third-order valence-corrected chi connectivity index (χ3v) is 6.12. The van der Waals surface area contributed by atoms with Crippen LogP contribution in [-0.2, 0) is 11.3 Å². The molecule has 1 N–H and O–H groups in total. The minimum Gasteiger partial charge on any atom is -0.491 e. The summed E-state index contributed by atoms with van der Waals surface area (Å²) in [4.78, 5) is 19.2. The number of aromatic nitrogens is 2. The van der Waals surface area contributed by atoms with Gasteiger partial charge in [-0.2, -0.15) is 0 Å². The molecule has 0 aliphatic carbocycles. The second-order valence-corrected chi connectivity index (χ2v) is 8.74. The number of rotatable bonds is 7. The number of benzene rings is 3. The van der Waals surface area contributed by atoms with Crippen LogP contribution in [0.4, 0.5) is 10.1 Å². The maximum absolute atomic E-state index is 13.7. The molecule has 174 valence electrons. The fourth-order valence-electron chi connectivity index (χ4n) is 4.53. The molecule has 0 saturated carbocycles. The van der Waals surface area contributed by atoms with E-state index in [0.29, 0.717) is 18.0 Å². The van der Waals surface area contributed by atoms with Gasteiger partial charge >= 0.3 is 0 Å². The Morgan fingerprint density at radius 3 is 2.76 bits per heavy atom. The van der Waals surface area contributed by atoms with E-state index >= 15 is 0 Å². The maximum Gasteiger partial charge on any atom is 0.227 e. The molecule has 1 aliphatic rings. The maximum atomic E-state index is 13.7. The number of imidazole rings is 1. The summed E-state index contributed by atoms with van der Waals surface area (Å²) in [5.74, 6) is 0.827. The number of ether oxygens (including phenoxy) is 1. The largest absolute Gasteiger partial charge is 0.491 e. The monoisotopic (exact) mass is 459 g/mol. The molecular formula is C27H26FN3O3. The molecule has 1 aliphatic heterocycles. The van der Waals surface area contributed by atoms with Crippen molar-refractivity contribution in [2.75, 3.05) is 18.1 Å². The molecule has 4 aromatic rings. The number of aliphatic hydroxyl groups excluding tert-OH is 1. The van der Waals surface area contributed by atoms with Gasteiger partial charge in [0.1, 0.15) is 30.1 Å². The van der Waals surface area contributed by atoms with Crippen molar-refractivity contribution >= 4 is 22.6 Å². The van der Waals surface area contributed by atoms with Crippen molar-refractivity contribution in [2.24, 2.45) is 0 Å². The number of para-hydroxylation sites is 2. The third kappa shape index (κ3) is 4.52. The zero-order valence-corrected chi connectivity index (χ0v) is 18.9. The van der Waals surface area contributed by atoms with Gasteiger partial charge in [0.15, 0.2) is 0 Å². The average Bonchev–Trinajstić information content (AvgIpc) is 3.38.